The molecule has 0 bridgehead atoms. The van der Waals surface area contributed by atoms with E-state index >= 15 is 0 Å². The number of halogens is 1. The summed E-state index contributed by atoms with van der Waals surface area (Å²) in [6, 6.07) is 9.20. The Balaban J connectivity index is 1.86. The molecule has 2 aromatic heterocycles. The minimum absolute atomic E-state index is 0.129. The maximum Gasteiger partial charge on any atom is 0.350 e. The maximum atomic E-state index is 12.9. The third kappa shape index (κ3) is 4.57. The second kappa shape index (κ2) is 8.78. The van der Waals surface area contributed by atoms with E-state index in [1.165, 1.54) is 22.5 Å². The second-order valence-electron chi connectivity index (χ2n) is 6.84. The molecule has 8 nitrogen and oxygen atoms in total. The van der Waals surface area contributed by atoms with Gasteiger partial charge in [0.2, 0.25) is 5.91 Å². The smallest absolute Gasteiger partial charge is 0.330 e. The predicted octanol–water partition coefficient (Wildman–Crippen LogP) is 1.91. The van der Waals surface area contributed by atoms with Gasteiger partial charge in [0.15, 0.2) is 0 Å². The largest absolute Gasteiger partial charge is 0.350 e. The first-order chi connectivity index (χ1) is 13.9. The summed E-state index contributed by atoms with van der Waals surface area (Å²) in [5.74, 6) is -0.579. The molecule has 0 saturated heterocycles. The standard InChI is InChI=1S/C20H23FN6O2/c1-13-7-18(16-3-5-17(6-4-16)25-14(2)28)23-10-19(13)26-12-24-27(20(26)29)11-15(8-21)9-22/h3-7,10,12,15H,8-9,11,22H2,1-2H3,(H,25,28). The average Bonchev–Trinajstić information content (AvgIpc) is 3.06. The number of carbonyl (C=O) groups is 1. The lowest BCUT2D eigenvalue weighted by atomic mass is 10.1. The van der Waals surface area contributed by atoms with Crippen molar-refractivity contribution in [3.63, 3.8) is 0 Å². The summed E-state index contributed by atoms with van der Waals surface area (Å²) in [6.45, 7) is 3.00. The second-order valence-corrected chi connectivity index (χ2v) is 6.84. The van der Waals surface area contributed by atoms with Crippen molar-refractivity contribution >= 4 is 11.6 Å². The van der Waals surface area contributed by atoms with Crippen LogP contribution in [0.2, 0.25) is 0 Å². The van der Waals surface area contributed by atoms with E-state index in [2.05, 4.69) is 15.4 Å². The number of aromatic nitrogens is 4. The van der Waals surface area contributed by atoms with E-state index in [9.17, 15) is 14.0 Å². The molecule has 152 valence electrons. The van der Waals surface area contributed by atoms with Crippen LogP contribution in [0, 0.1) is 12.8 Å². The van der Waals surface area contributed by atoms with Gasteiger partial charge in [0.05, 0.1) is 30.8 Å². The Morgan fingerprint density at radius 1 is 1.31 bits per heavy atom. The number of nitrogens with zero attached hydrogens (tertiary/aromatic N) is 4. The van der Waals surface area contributed by atoms with Crippen molar-refractivity contribution in [3.8, 4) is 16.9 Å². The lowest BCUT2D eigenvalue weighted by molar-refractivity contribution is -0.114. The SMILES string of the molecule is CC(=O)Nc1ccc(-c2cc(C)c(-n3cnn(CC(CN)CF)c3=O)cn2)cc1. The molecule has 0 aliphatic carbocycles. The van der Waals surface area contributed by atoms with Gasteiger partial charge < -0.3 is 11.1 Å². The monoisotopic (exact) mass is 398 g/mol. The van der Waals surface area contributed by atoms with Gasteiger partial charge in [-0.25, -0.2) is 14.0 Å². The number of nitrogens with two attached hydrogens (primary N) is 1. The van der Waals surface area contributed by atoms with Gasteiger partial charge in [-0.2, -0.15) is 5.10 Å². The van der Waals surface area contributed by atoms with Crippen molar-refractivity contribution in [2.45, 2.75) is 20.4 Å². The van der Waals surface area contributed by atoms with E-state index in [4.69, 9.17) is 5.73 Å². The Hall–Kier alpha value is -3.33. The van der Waals surface area contributed by atoms with Crippen LogP contribution in [-0.4, -0.2) is 38.5 Å². The molecule has 0 saturated carbocycles. The van der Waals surface area contributed by atoms with Crippen LogP contribution < -0.4 is 16.7 Å². The zero-order chi connectivity index (χ0) is 21.0. The molecule has 3 rings (SSSR count). The third-order valence-electron chi connectivity index (χ3n) is 4.56. The molecule has 2 heterocycles. The molecule has 1 unspecified atom stereocenters. The van der Waals surface area contributed by atoms with Crippen LogP contribution in [0.4, 0.5) is 10.1 Å². The van der Waals surface area contributed by atoms with Gasteiger partial charge in [0.1, 0.15) is 6.33 Å². The molecule has 0 aliphatic rings. The van der Waals surface area contributed by atoms with Gasteiger partial charge in [-0.3, -0.25) is 14.2 Å². The predicted molar refractivity (Wildman–Crippen MR) is 109 cm³/mol. The topological polar surface area (TPSA) is 108 Å². The molecule has 0 aliphatic heterocycles. The summed E-state index contributed by atoms with van der Waals surface area (Å²) in [7, 11) is 0. The Bertz CT molecular complexity index is 1050. The molecule has 0 spiro atoms. The summed E-state index contributed by atoms with van der Waals surface area (Å²) in [6.07, 6.45) is 3.01. The van der Waals surface area contributed by atoms with Crippen LogP contribution in [-0.2, 0) is 11.3 Å². The number of pyridine rings is 1. The first-order valence-electron chi connectivity index (χ1n) is 9.18. The van der Waals surface area contributed by atoms with Gasteiger partial charge in [0.25, 0.3) is 0 Å². The van der Waals surface area contributed by atoms with Gasteiger partial charge in [-0.05, 0) is 37.2 Å². The van der Waals surface area contributed by atoms with E-state index in [1.807, 2.05) is 25.1 Å². The van der Waals surface area contributed by atoms with Crippen molar-refractivity contribution < 1.29 is 9.18 Å². The fourth-order valence-electron chi connectivity index (χ4n) is 2.94. The highest BCUT2D eigenvalue weighted by atomic mass is 19.1. The first kappa shape index (κ1) is 20.4. The van der Waals surface area contributed by atoms with Crippen molar-refractivity contribution in [1.82, 2.24) is 19.3 Å². The number of hydrogen-bond donors (Lipinski definition) is 2. The number of alkyl halides is 1. The molecule has 1 aromatic carbocycles. The lowest BCUT2D eigenvalue weighted by Gasteiger charge is -2.10. The van der Waals surface area contributed by atoms with Crippen LogP contribution in [0.3, 0.4) is 0 Å². The summed E-state index contributed by atoms with van der Waals surface area (Å²) < 4.78 is 15.5. The molecule has 9 heteroatoms. The lowest BCUT2D eigenvalue weighted by Crippen LogP contribution is -2.30. The van der Waals surface area contributed by atoms with Gasteiger partial charge >= 0.3 is 5.69 Å². The van der Waals surface area contributed by atoms with E-state index in [0.717, 1.165) is 16.8 Å². The van der Waals surface area contributed by atoms with Crippen LogP contribution in [0.5, 0.6) is 0 Å². The number of hydrogen-bond acceptors (Lipinski definition) is 5. The zero-order valence-corrected chi connectivity index (χ0v) is 16.3. The Labute approximate surface area is 167 Å². The molecule has 1 amide bonds. The van der Waals surface area contributed by atoms with Gasteiger partial charge in [-0.15, -0.1) is 0 Å². The van der Waals surface area contributed by atoms with Crippen LogP contribution >= 0.6 is 0 Å². The van der Waals surface area contributed by atoms with Crippen LogP contribution in [0.15, 0.2) is 47.7 Å². The Morgan fingerprint density at radius 3 is 2.62 bits per heavy atom. The summed E-state index contributed by atoms with van der Waals surface area (Å²) in [5.41, 5.74) is 8.90. The van der Waals surface area contributed by atoms with Crippen molar-refractivity contribution in [2.75, 3.05) is 18.5 Å². The number of rotatable bonds is 7. The minimum atomic E-state index is -0.605. The molecule has 29 heavy (non-hydrogen) atoms. The zero-order valence-electron chi connectivity index (χ0n) is 16.3. The van der Waals surface area contributed by atoms with Crippen LogP contribution in [0.25, 0.3) is 16.9 Å². The molecular weight excluding hydrogens is 375 g/mol. The molecule has 3 N–H and O–H groups in total. The quantitative estimate of drug-likeness (QED) is 0.632. The molecule has 1 atom stereocenters. The summed E-state index contributed by atoms with van der Waals surface area (Å²) >= 11 is 0. The highest BCUT2D eigenvalue weighted by molar-refractivity contribution is 5.88. The number of carbonyl (C=O) groups excluding carboxylic acids is 1. The van der Waals surface area contributed by atoms with Gasteiger partial charge in [0, 0.05) is 24.1 Å². The molecule has 0 radical (unpaired) electrons. The highest BCUT2D eigenvalue weighted by Crippen LogP contribution is 2.22. The third-order valence-corrected chi connectivity index (χ3v) is 4.56. The first-order valence-corrected chi connectivity index (χ1v) is 9.18. The van der Waals surface area contributed by atoms with E-state index in [1.54, 1.807) is 18.3 Å². The number of benzene rings is 1. The fraction of sp³-hybridized carbons (Fsp3) is 0.300. The highest BCUT2D eigenvalue weighted by Gasteiger charge is 2.14. The van der Waals surface area contributed by atoms with Gasteiger partial charge in [-0.1, -0.05) is 12.1 Å². The van der Waals surface area contributed by atoms with Crippen molar-refractivity contribution in [2.24, 2.45) is 11.7 Å². The van der Waals surface area contributed by atoms with Crippen LogP contribution in [0.1, 0.15) is 12.5 Å². The average molecular weight is 398 g/mol. The molecule has 3 aromatic rings. The molecule has 0 fully saturated rings. The van der Waals surface area contributed by atoms with Crippen molar-refractivity contribution in [3.05, 3.63) is 58.9 Å². The number of aryl methyl sites for hydroxylation is 1. The number of nitrogens with one attached hydrogen (secondary N) is 1. The van der Waals surface area contributed by atoms with Crippen molar-refractivity contribution in [1.29, 1.82) is 0 Å². The summed E-state index contributed by atoms with van der Waals surface area (Å²) in [4.78, 5) is 28.2. The minimum Gasteiger partial charge on any atom is -0.330 e. The maximum absolute atomic E-state index is 12.9. The Morgan fingerprint density at radius 2 is 2.03 bits per heavy atom. The number of amides is 1. The normalized spacial score (nSPS) is 12.0. The number of anilines is 1. The van der Waals surface area contributed by atoms with E-state index in [-0.39, 0.29) is 24.7 Å². The van der Waals surface area contributed by atoms with E-state index in [0.29, 0.717) is 11.4 Å². The van der Waals surface area contributed by atoms with E-state index < -0.39 is 12.6 Å². The fourth-order valence-corrected chi connectivity index (χ4v) is 2.94. The summed E-state index contributed by atoms with van der Waals surface area (Å²) in [5, 5.41) is 6.78. The molecular formula is C20H23FN6O2. The Kier molecular flexibility index (Phi) is 6.18.